The van der Waals surface area contributed by atoms with Gasteiger partial charge in [-0.15, -0.1) is 0 Å². The fourth-order valence-electron chi connectivity index (χ4n) is 5.78. The summed E-state index contributed by atoms with van der Waals surface area (Å²) < 4.78 is 32.9. The summed E-state index contributed by atoms with van der Waals surface area (Å²) in [7, 11) is 0. The number of ether oxygens (including phenoxy) is 1. The fraction of sp³-hybridized carbons (Fsp3) is 0.355. The van der Waals surface area contributed by atoms with Gasteiger partial charge in [0.1, 0.15) is 17.0 Å². The highest BCUT2D eigenvalue weighted by Crippen LogP contribution is 2.44. The minimum absolute atomic E-state index is 0.0709. The lowest BCUT2D eigenvalue weighted by Gasteiger charge is -2.39. The van der Waals surface area contributed by atoms with E-state index in [0.717, 1.165) is 11.1 Å². The van der Waals surface area contributed by atoms with Gasteiger partial charge in [0.2, 0.25) is 5.95 Å². The quantitative estimate of drug-likeness (QED) is 0.291. The lowest BCUT2D eigenvalue weighted by Crippen LogP contribution is -2.45. The molecule has 214 valence electrons. The molecule has 2 fully saturated rings. The van der Waals surface area contributed by atoms with Gasteiger partial charge in [0.25, 0.3) is 11.8 Å². The van der Waals surface area contributed by atoms with E-state index >= 15 is 0 Å². The van der Waals surface area contributed by atoms with Crippen molar-refractivity contribution in [3.63, 3.8) is 0 Å². The molecule has 0 saturated carbocycles. The Morgan fingerprint density at radius 2 is 1.59 bits per heavy atom. The van der Waals surface area contributed by atoms with Gasteiger partial charge in [-0.25, -0.2) is 14.2 Å². The molecule has 0 aliphatic carbocycles. The highest BCUT2D eigenvalue weighted by Gasteiger charge is 2.51. The Balaban J connectivity index is 1.25. The van der Waals surface area contributed by atoms with Gasteiger partial charge in [0.15, 0.2) is 0 Å². The molecule has 41 heavy (non-hydrogen) atoms. The number of piperidine rings is 1. The van der Waals surface area contributed by atoms with Crippen molar-refractivity contribution in [1.29, 1.82) is 0 Å². The van der Waals surface area contributed by atoms with E-state index in [2.05, 4.69) is 4.98 Å². The normalized spacial score (nSPS) is 18.0. The zero-order chi connectivity index (χ0) is 29.1. The number of esters is 1. The molecule has 1 spiro atoms. The number of amides is 2. The largest absolute Gasteiger partial charge is 0.464 e. The van der Waals surface area contributed by atoms with E-state index in [-0.39, 0.29) is 35.6 Å². The summed E-state index contributed by atoms with van der Waals surface area (Å²) in [5.41, 5.74) is 1.91. The summed E-state index contributed by atoms with van der Waals surface area (Å²) in [4.78, 5) is 46.2. The maximum Gasteiger partial charge on any atom is 0.328 e. The molecular formula is C31H30ClF2N3O4. The number of pyridine rings is 1. The van der Waals surface area contributed by atoms with Crippen LogP contribution in [-0.2, 0) is 16.0 Å². The number of hydrogen-bond acceptors (Lipinski definition) is 5. The Hall–Kier alpha value is -3.85. The number of benzene rings is 2. The average Bonchev–Trinajstić information content (AvgIpc) is 3.34. The van der Waals surface area contributed by atoms with Crippen molar-refractivity contribution in [2.24, 2.45) is 5.41 Å². The average molecular weight is 582 g/mol. The summed E-state index contributed by atoms with van der Waals surface area (Å²) in [6.45, 7) is 3.02. The Labute approximate surface area is 242 Å². The van der Waals surface area contributed by atoms with Crippen molar-refractivity contribution in [3.8, 4) is 0 Å². The van der Waals surface area contributed by atoms with Gasteiger partial charge >= 0.3 is 5.97 Å². The predicted octanol–water partition coefficient (Wildman–Crippen LogP) is 5.30. The SMILES string of the molecule is CCOC(=O)C1CC2(CCN(C(=O)c3ccc(Cc4ccc(F)cc4)cc3)CC2)CN1C(=O)c1ccc(Cl)nc1F. The van der Waals surface area contributed by atoms with Gasteiger partial charge in [-0.05, 0) is 85.5 Å². The van der Waals surface area contributed by atoms with E-state index in [0.29, 0.717) is 44.3 Å². The third kappa shape index (κ3) is 6.25. The Morgan fingerprint density at radius 1 is 0.951 bits per heavy atom. The molecule has 3 aromatic rings. The molecule has 10 heteroatoms. The first kappa shape index (κ1) is 28.7. The van der Waals surface area contributed by atoms with Crippen LogP contribution in [0.4, 0.5) is 8.78 Å². The second-order valence-corrected chi connectivity index (χ2v) is 11.1. The fourth-order valence-corrected chi connectivity index (χ4v) is 5.91. The Bertz CT molecular complexity index is 1440. The molecular weight excluding hydrogens is 552 g/mol. The summed E-state index contributed by atoms with van der Waals surface area (Å²) in [6, 6.07) is 15.5. The van der Waals surface area contributed by atoms with E-state index in [1.807, 2.05) is 12.1 Å². The number of aromatic nitrogens is 1. The number of hydrogen-bond donors (Lipinski definition) is 0. The molecule has 3 heterocycles. The first-order valence-electron chi connectivity index (χ1n) is 13.6. The minimum atomic E-state index is -0.991. The highest BCUT2D eigenvalue weighted by atomic mass is 35.5. The van der Waals surface area contributed by atoms with Gasteiger partial charge in [0, 0.05) is 25.2 Å². The van der Waals surface area contributed by atoms with Crippen LogP contribution in [0, 0.1) is 17.2 Å². The molecule has 2 aliphatic rings. The smallest absolute Gasteiger partial charge is 0.328 e. The van der Waals surface area contributed by atoms with E-state index in [4.69, 9.17) is 16.3 Å². The van der Waals surface area contributed by atoms with E-state index in [9.17, 15) is 23.2 Å². The van der Waals surface area contributed by atoms with E-state index in [1.54, 1.807) is 36.1 Å². The maximum atomic E-state index is 14.5. The predicted molar refractivity (Wildman–Crippen MR) is 148 cm³/mol. The van der Waals surface area contributed by atoms with Crippen LogP contribution in [0.3, 0.4) is 0 Å². The summed E-state index contributed by atoms with van der Waals surface area (Å²) in [5.74, 6) is -2.52. The van der Waals surface area contributed by atoms with Gasteiger partial charge in [0.05, 0.1) is 12.2 Å². The van der Waals surface area contributed by atoms with E-state index in [1.165, 1.54) is 29.2 Å². The van der Waals surface area contributed by atoms with Crippen LogP contribution in [-0.4, -0.2) is 64.9 Å². The molecule has 2 aliphatic heterocycles. The lowest BCUT2D eigenvalue weighted by molar-refractivity contribution is -0.147. The molecule has 2 saturated heterocycles. The molecule has 1 aromatic heterocycles. The Kier molecular flexibility index (Phi) is 8.35. The molecule has 2 aromatic carbocycles. The zero-order valence-corrected chi connectivity index (χ0v) is 23.4. The summed E-state index contributed by atoms with van der Waals surface area (Å²) in [6.07, 6.45) is 2.18. The number of carbonyl (C=O) groups is 3. The standard InChI is InChI=1S/C31H30ClF2N3O4/c1-2-41-30(40)25-18-31(19-37(25)29(39)24-11-12-26(32)35-27(24)34)13-15-36(16-14-31)28(38)22-7-3-20(4-8-22)17-21-5-9-23(33)10-6-21/h3-12,25H,2,13-19H2,1H3. The zero-order valence-electron chi connectivity index (χ0n) is 22.6. The van der Waals surface area contributed by atoms with Crippen LogP contribution < -0.4 is 0 Å². The van der Waals surface area contributed by atoms with Crippen LogP contribution in [0.25, 0.3) is 0 Å². The highest BCUT2D eigenvalue weighted by molar-refractivity contribution is 6.29. The summed E-state index contributed by atoms with van der Waals surface area (Å²) in [5, 5.41) is -0.0709. The molecule has 0 radical (unpaired) electrons. The lowest BCUT2D eigenvalue weighted by atomic mass is 9.76. The van der Waals surface area contributed by atoms with Crippen molar-refractivity contribution in [2.75, 3.05) is 26.2 Å². The molecule has 2 amide bonds. The second-order valence-electron chi connectivity index (χ2n) is 10.7. The van der Waals surface area contributed by atoms with Crippen LogP contribution in [0.2, 0.25) is 5.15 Å². The van der Waals surface area contributed by atoms with Crippen LogP contribution in [0.1, 0.15) is 58.0 Å². The maximum absolute atomic E-state index is 14.5. The van der Waals surface area contributed by atoms with Gasteiger partial charge in [-0.2, -0.15) is 4.39 Å². The van der Waals surface area contributed by atoms with Crippen LogP contribution >= 0.6 is 11.6 Å². The van der Waals surface area contributed by atoms with Crippen LogP contribution in [0.5, 0.6) is 0 Å². The van der Waals surface area contributed by atoms with Crippen molar-refractivity contribution in [3.05, 3.63) is 99.8 Å². The number of nitrogens with zero attached hydrogens (tertiary/aromatic N) is 3. The molecule has 1 unspecified atom stereocenters. The van der Waals surface area contributed by atoms with Gasteiger partial charge < -0.3 is 14.5 Å². The first-order chi connectivity index (χ1) is 19.7. The summed E-state index contributed by atoms with van der Waals surface area (Å²) >= 11 is 5.75. The van der Waals surface area contributed by atoms with Gasteiger partial charge in [-0.3, -0.25) is 9.59 Å². The van der Waals surface area contributed by atoms with Crippen molar-refractivity contribution in [1.82, 2.24) is 14.8 Å². The van der Waals surface area contributed by atoms with Gasteiger partial charge in [-0.1, -0.05) is 35.9 Å². The number of likely N-dealkylation sites (tertiary alicyclic amines) is 2. The molecule has 7 nitrogen and oxygen atoms in total. The first-order valence-corrected chi connectivity index (χ1v) is 14.0. The number of carbonyl (C=O) groups excluding carboxylic acids is 3. The third-order valence-corrected chi connectivity index (χ3v) is 8.22. The molecule has 0 N–H and O–H groups in total. The van der Waals surface area contributed by atoms with Crippen molar-refractivity contribution >= 4 is 29.4 Å². The molecule has 1 atom stereocenters. The Morgan fingerprint density at radius 3 is 2.20 bits per heavy atom. The number of rotatable bonds is 6. The van der Waals surface area contributed by atoms with Crippen molar-refractivity contribution in [2.45, 2.75) is 38.6 Å². The minimum Gasteiger partial charge on any atom is -0.464 e. The number of halogens is 3. The van der Waals surface area contributed by atoms with Crippen molar-refractivity contribution < 1.29 is 27.9 Å². The monoisotopic (exact) mass is 581 g/mol. The van der Waals surface area contributed by atoms with E-state index < -0.39 is 29.3 Å². The third-order valence-electron chi connectivity index (χ3n) is 8.01. The molecule has 5 rings (SSSR count). The van der Waals surface area contributed by atoms with Crippen LogP contribution in [0.15, 0.2) is 60.7 Å². The topological polar surface area (TPSA) is 79.8 Å². The molecule has 0 bridgehead atoms. The second kappa shape index (κ2) is 11.9.